The molecule has 0 rings (SSSR count). The average Bonchev–Trinajstić information content (AvgIpc) is 2.32. The summed E-state index contributed by atoms with van der Waals surface area (Å²) in [7, 11) is 0. The molecule has 19 heavy (non-hydrogen) atoms. The Labute approximate surface area is 123 Å². The van der Waals surface area contributed by atoms with E-state index in [4.69, 9.17) is 0 Å². The third-order valence-electron chi connectivity index (χ3n) is 5.09. The van der Waals surface area contributed by atoms with Crippen molar-refractivity contribution in [3.05, 3.63) is 0 Å². The highest BCUT2D eigenvalue weighted by Crippen LogP contribution is 2.30. The van der Waals surface area contributed by atoms with Crippen molar-refractivity contribution in [1.29, 1.82) is 0 Å². The summed E-state index contributed by atoms with van der Waals surface area (Å²) in [6, 6.07) is 0. The van der Waals surface area contributed by atoms with Crippen LogP contribution in [0.5, 0.6) is 0 Å². The van der Waals surface area contributed by atoms with Crippen molar-refractivity contribution in [2.75, 3.05) is 0 Å². The molecule has 0 amide bonds. The minimum atomic E-state index is 0.858. The summed E-state index contributed by atoms with van der Waals surface area (Å²) in [6.45, 7) is 19.2. The van der Waals surface area contributed by atoms with Gasteiger partial charge in [0, 0.05) is 0 Å². The molecule has 4 atom stereocenters. The molecule has 0 aliphatic heterocycles. The molecular weight excluding hydrogens is 228 g/mol. The zero-order chi connectivity index (χ0) is 15.0. The van der Waals surface area contributed by atoms with Gasteiger partial charge in [0.1, 0.15) is 0 Å². The fraction of sp³-hybridized carbons (Fsp3) is 1.00. The SMILES string of the molecule is CC(C)CCC(C)C(C)CC(C)C(C)CCC(C)C. The van der Waals surface area contributed by atoms with E-state index < -0.39 is 0 Å². The van der Waals surface area contributed by atoms with Crippen LogP contribution in [0.15, 0.2) is 0 Å². The van der Waals surface area contributed by atoms with Gasteiger partial charge in [-0.1, -0.05) is 81.1 Å². The summed E-state index contributed by atoms with van der Waals surface area (Å²) < 4.78 is 0. The van der Waals surface area contributed by atoms with E-state index in [1.807, 2.05) is 0 Å². The number of hydrogen-bond acceptors (Lipinski definition) is 0. The molecule has 0 aromatic rings. The fourth-order valence-electron chi connectivity index (χ4n) is 2.81. The van der Waals surface area contributed by atoms with Gasteiger partial charge in [-0.25, -0.2) is 0 Å². The van der Waals surface area contributed by atoms with E-state index in [1.54, 1.807) is 0 Å². The van der Waals surface area contributed by atoms with Crippen LogP contribution in [-0.2, 0) is 0 Å². The average molecular weight is 269 g/mol. The Morgan fingerprint density at radius 3 is 1.00 bits per heavy atom. The lowest BCUT2D eigenvalue weighted by atomic mass is 9.78. The van der Waals surface area contributed by atoms with E-state index in [1.165, 1.54) is 32.1 Å². The molecule has 0 saturated carbocycles. The predicted molar refractivity (Wildman–Crippen MR) is 89.4 cm³/mol. The standard InChI is InChI=1S/C19H40/c1-14(2)9-11-16(5)18(7)13-19(8)17(6)12-10-15(3)4/h14-19H,9-13H2,1-8H3. The first kappa shape index (κ1) is 19.0. The Balaban J connectivity index is 3.98. The Morgan fingerprint density at radius 1 is 0.421 bits per heavy atom. The van der Waals surface area contributed by atoms with Gasteiger partial charge in [0.25, 0.3) is 0 Å². The van der Waals surface area contributed by atoms with Gasteiger partial charge in [-0.2, -0.15) is 0 Å². The van der Waals surface area contributed by atoms with Gasteiger partial charge in [0.2, 0.25) is 0 Å². The molecular formula is C19H40. The van der Waals surface area contributed by atoms with Gasteiger partial charge >= 0.3 is 0 Å². The summed E-state index contributed by atoms with van der Waals surface area (Å²) in [5.41, 5.74) is 0. The van der Waals surface area contributed by atoms with Crippen molar-refractivity contribution < 1.29 is 0 Å². The first-order valence-corrected chi connectivity index (χ1v) is 8.73. The van der Waals surface area contributed by atoms with Crippen molar-refractivity contribution in [3.63, 3.8) is 0 Å². The summed E-state index contributed by atoms with van der Waals surface area (Å²) in [5, 5.41) is 0. The van der Waals surface area contributed by atoms with E-state index in [2.05, 4.69) is 55.4 Å². The third kappa shape index (κ3) is 9.52. The maximum atomic E-state index is 2.47. The molecule has 116 valence electrons. The molecule has 0 heteroatoms. The lowest BCUT2D eigenvalue weighted by Crippen LogP contribution is -2.17. The quantitative estimate of drug-likeness (QED) is 0.409. The number of rotatable bonds is 10. The zero-order valence-electron chi connectivity index (χ0n) is 15.0. The largest absolute Gasteiger partial charge is 0.0628 e. The normalized spacial score (nSPS) is 18.6. The van der Waals surface area contributed by atoms with E-state index in [0.29, 0.717) is 0 Å². The molecule has 4 unspecified atom stereocenters. The first-order valence-electron chi connectivity index (χ1n) is 8.73. The number of hydrogen-bond donors (Lipinski definition) is 0. The van der Waals surface area contributed by atoms with Crippen LogP contribution in [0.4, 0.5) is 0 Å². The molecule has 0 heterocycles. The van der Waals surface area contributed by atoms with Gasteiger partial charge in [-0.05, 0) is 41.9 Å². The van der Waals surface area contributed by atoms with Crippen LogP contribution >= 0.6 is 0 Å². The minimum absolute atomic E-state index is 0.858. The molecule has 0 nitrogen and oxygen atoms in total. The molecule has 0 N–H and O–H groups in total. The Bertz CT molecular complexity index is 182. The van der Waals surface area contributed by atoms with Gasteiger partial charge in [0.15, 0.2) is 0 Å². The van der Waals surface area contributed by atoms with Crippen molar-refractivity contribution in [2.45, 2.75) is 87.5 Å². The molecule has 0 saturated heterocycles. The summed E-state index contributed by atoms with van der Waals surface area (Å²) in [4.78, 5) is 0. The molecule has 0 aliphatic carbocycles. The molecule has 0 bridgehead atoms. The van der Waals surface area contributed by atoms with Crippen LogP contribution < -0.4 is 0 Å². The van der Waals surface area contributed by atoms with Gasteiger partial charge in [0.05, 0.1) is 0 Å². The molecule has 0 radical (unpaired) electrons. The highest BCUT2D eigenvalue weighted by Gasteiger charge is 2.19. The third-order valence-corrected chi connectivity index (χ3v) is 5.09. The van der Waals surface area contributed by atoms with Crippen molar-refractivity contribution in [3.8, 4) is 0 Å². The highest BCUT2D eigenvalue weighted by molar-refractivity contribution is 4.70. The van der Waals surface area contributed by atoms with Crippen LogP contribution in [0, 0.1) is 35.5 Å². The molecule has 0 spiro atoms. The lowest BCUT2D eigenvalue weighted by Gasteiger charge is -2.27. The van der Waals surface area contributed by atoms with Crippen LogP contribution in [0.1, 0.15) is 87.5 Å². The first-order chi connectivity index (χ1) is 8.73. The van der Waals surface area contributed by atoms with E-state index in [0.717, 1.165) is 35.5 Å². The Morgan fingerprint density at radius 2 is 0.737 bits per heavy atom. The fourth-order valence-corrected chi connectivity index (χ4v) is 2.81. The molecule has 0 aromatic carbocycles. The summed E-state index contributed by atoms with van der Waals surface area (Å²) in [6.07, 6.45) is 7.02. The van der Waals surface area contributed by atoms with Crippen molar-refractivity contribution in [1.82, 2.24) is 0 Å². The van der Waals surface area contributed by atoms with Gasteiger partial charge in [-0.3, -0.25) is 0 Å². The zero-order valence-corrected chi connectivity index (χ0v) is 15.0. The van der Waals surface area contributed by atoms with Crippen LogP contribution in [0.2, 0.25) is 0 Å². The van der Waals surface area contributed by atoms with Crippen LogP contribution in [-0.4, -0.2) is 0 Å². The van der Waals surface area contributed by atoms with Gasteiger partial charge in [-0.15, -0.1) is 0 Å². The van der Waals surface area contributed by atoms with Gasteiger partial charge < -0.3 is 0 Å². The van der Waals surface area contributed by atoms with Crippen LogP contribution in [0.3, 0.4) is 0 Å². The Kier molecular flexibility index (Phi) is 9.83. The van der Waals surface area contributed by atoms with E-state index in [9.17, 15) is 0 Å². The van der Waals surface area contributed by atoms with E-state index >= 15 is 0 Å². The van der Waals surface area contributed by atoms with E-state index in [-0.39, 0.29) is 0 Å². The molecule has 0 aromatic heterocycles. The monoisotopic (exact) mass is 268 g/mol. The van der Waals surface area contributed by atoms with Crippen molar-refractivity contribution in [2.24, 2.45) is 35.5 Å². The second-order valence-electron chi connectivity index (χ2n) is 8.09. The summed E-state index contributed by atoms with van der Waals surface area (Å²) >= 11 is 0. The maximum absolute atomic E-state index is 2.47. The maximum Gasteiger partial charge on any atom is -0.0414 e. The minimum Gasteiger partial charge on any atom is -0.0628 e. The molecule has 0 fully saturated rings. The Hall–Kier alpha value is 0. The highest BCUT2D eigenvalue weighted by atomic mass is 14.2. The topological polar surface area (TPSA) is 0 Å². The summed E-state index contributed by atoms with van der Waals surface area (Å²) in [5.74, 6) is 5.27. The smallest absolute Gasteiger partial charge is 0.0414 e. The predicted octanol–water partition coefficient (Wildman–Crippen LogP) is 6.79. The lowest BCUT2D eigenvalue weighted by molar-refractivity contribution is 0.234. The molecule has 0 aliphatic rings. The van der Waals surface area contributed by atoms with Crippen molar-refractivity contribution >= 4 is 0 Å². The van der Waals surface area contributed by atoms with Crippen LogP contribution in [0.25, 0.3) is 0 Å². The second kappa shape index (κ2) is 9.83. The second-order valence-corrected chi connectivity index (χ2v) is 8.09.